The molecule has 0 radical (unpaired) electrons. The monoisotopic (exact) mass is 440 g/mol. The van der Waals surface area contributed by atoms with Gasteiger partial charge in [0.15, 0.2) is 5.96 Å². The van der Waals surface area contributed by atoms with Crippen LogP contribution in [0.2, 0.25) is 0 Å². The van der Waals surface area contributed by atoms with Gasteiger partial charge in [0, 0.05) is 38.5 Å². The molecule has 4 nitrogen and oxygen atoms in total. The van der Waals surface area contributed by atoms with Gasteiger partial charge < -0.3 is 15.1 Å². The van der Waals surface area contributed by atoms with E-state index in [0.717, 1.165) is 51.0 Å². The van der Waals surface area contributed by atoms with E-state index in [1.807, 2.05) is 23.1 Å². The largest absolute Gasteiger partial charge is 0.360 e. The van der Waals surface area contributed by atoms with Gasteiger partial charge in [-0.15, -0.1) is 35.3 Å². The van der Waals surface area contributed by atoms with Gasteiger partial charge in [-0.3, -0.25) is 4.99 Å². The maximum absolute atomic E-state index is 4.71. The van der Waals surface area contributed by atoms with Crippen LogP contribution in [-0.4, -0.2) is 62.1 Å². The van der Waals surface area contributed by atoms with Crippen LogP contribution in [0.15, 0.2) is 22.5 Å². The molecule has 1 fully saturated rings. The van der Waals surface area contributed by atoms with Gasteiger partial charge in [0.25, 0.3) is 0 Å². The lowest BCUT2D eigenvalue weighted by atomic mass is 10.3. The molecule has 0 saturated carbocycles. The zero-order valence-electron chi connectivity index (χ0n) is 12.7. The van der Waals surface area contributed by atoms with Crippen LogP contribution in [0, 0.1) is 0 Å². The van der Waals surface area contributed by atoms with Crippen molar-refractivity contribution < 1.29 is 0 Å². The Morgan fingerprint density at radius 2 is 2.14 bits per heavy atom. The van der Waals surface area contributed by atoms with Crippen LogP contribution in [-0.2, 0) is 0 Å². The van der Waals surface area contributed by atoms with E-state index in [0.29, 0.717) is 0 Å². The molecule has 2 rings (SSSR count). The van der Waals surface area contributed by atoms with E-state index in [-0.39, 0.29) is 24.0 Å². The zero-order chi connectivity index (χ0) is 14.2. The van der Waals surface area contributed by atoms with Crippen molar-refractivity contribution in [2.75, 3.05) is 56.2 Å². The lowest BCUT2D eigenvalue weighted by Crippen LogP contribution is -2.52. The SMILES string of the molecule is CCNC(=NCCSC)N1CCN(c2cccs2)CC1.I. The molecule has 1 saturated heterocycles. The fourth-order valence-electron chi connectivity index (χ4n) is 2.26. The Balaban J connectivity index is 0.00000220. The Kier molecular flexibility index (Phi) is 9.50. The highest BCUT2D eigenvalue weighted by Crippen LogP contribution is 2.22. The average Bonchev–Trinajstić information content (AvgIpc) is 3.01. The maximum Gasteiger partial charge on any atom is 0.194 e. The summed E-state index contributed by atoms with van der Waals surface area (Å²) in [6.45, 7) is 8.21. The van der Waals surface area contributed by atoms with Crippen molar-refractivity contribution >= 4 is 58.0 Å². The minimum Gasteiger partial charge on any atom is -0.360 e. The summed E-state index contributed by atoms with van der Waals surface area (Å²) in [7, 11) is 0. The predicted octanol–water partition coefficient (Wildman–Crippen LogP) is 2.82. The van der Waals surface area contributed by atoms with E-state index in [9.17, 15) is 0 Å². The third kappa shape index (κ3) is 5.86. The molecule has 1 aliphatic heterocycles. The number of rotatable bonds is 5. The third-order valence-electron chi connectivity index (χ3n) is 3.29. The van der Waals surface area contributed by atoms with Crippen LogP contribution in [0.25, 0.3) is 0 Å². The number of thiophene rings is 1. The van der Waals surface area contributed by atoms with Crippen LogP contribution in [0.4, 0.5) is 5.00 Å². The summed E-state index contributed by atoms with van der Waals surface area (Å²) in [5.74, 6) is 2.16. The quantitative estimate of drug-likeness (QED) is 0.330. The number of hydrogen-bond donors (Lipinski definition) is 1. The third-order valence-corrected chi connectivity index (χ3v) is 4.81. The normalized spacial score (nSPS) is 15.8. The van der Waals surface area contributed by atoms with Crippen LogP contribution in [0.1, 0.15) is 6.92 Å². The van der Waals surface area contributed by atoms with Crippen molar-refractivity contribution in [3.63, 3.8) is 0 Å². The number of anilines is 1. The second-order valence-electron chi connectivity index (χ2n) is 4.65. The second-order valence-corrected chi connectivity index (χ2v) is 6.57. The van der Waals surface area contributed by atoms with Crippen molar-refractivity contribution in [1.29, 1.82) is 0 Å². The smallest absolute Gasteiger partial charge is 0.194 e. The molecule has 0 amide bonds. The van der Waals surface area contributed by atoms with E-state index in [1.54, 1.807) is 0 Å². The van der Waals surface area contributed by atoms with Crippen molar-refractivity contribution in [1.82, 2.24) is 10.2 Å². The molecule has 0 atom stereocenters. The van der Waals surface area contributed by atoms with Crippen LogP contribution in [0.5, 0.6) is 0 Å². The average molecular weight is 440 g/mol. The molecule has 1 aromatic heterocycles. The number of piperazine rings is 1. The molecule has 0 spiro atoms. The number of aliphatic imine (C=N–C) groups is 1. The number of nitrogens with one attached hydrogen (secondary N) is 1. The molecule has 7 heteroatoms. The Bertz CT molecular complexity index is 403. The van der Waals surface area contributed by atoms with Crippen molar-refractivity contribution in [3.05, 3.63) is 17.5 Å². The zero-order valence-corrected chi connectivity index (χ0v) is 16.7. The fraction of sp³-hybridized carbons (Fsp3) is 0.643. The van der Waals surface area contributed by atoms with Gasteiger partial charge in [-0.05, 0) is 30.7 Å². The lowest BCUT2D eigenvalue weighted by Gasteiger charge is -2.37. The van der Waals surface area contributed by atoms with E-state index < -0.39 is 0 Å². The number of thioether (sulfide) groups is 1. The van der Waals surface area contributed by atoms with Crippen LogP contribution < -0.4 is 10.2 Å². The summed E-state index contributed by atoms with van der Waals surface area (Å²) in [5, 5.41) is 6.94. The van der Waals surface area contributed by atoms with E-state index in [1.165, 1.54) is 5.00 Å². The molecule has 1 aromatic rings. The molecule has 0 unspecified atom stereocenters. The molecule has 1 aliphatic rings. The first kappa shape index (κ1) is 18.9. The van der Waals surface area contributed by atoms with E-state index in [4.69, 9.17) is 4.99 Å². The maximum atomic E-state index is 4.71. The molecule has 0 bridgehead atoms. The summed E-state index contributed by atoms with van der Waals surface area (Å²) in [4.78, 5) is 9.56. The summed E-state index contributed by atoms with van der Waals surface area (Å²) < 4.78 is 0. The highest BCUT2D eigenvalue weighted by Gasteiger charge is 2.19. The number of guanidine groups is 1. The molecule has 120 valence electrons. The molecular weight excluding hydrogens is 415 g/mol. The van der Waals surface area contributed by atoms with Crippen molar-refractivity contribution in [2.45, 2.75) is 6.92 Å². The van der Waals surface area contributed by atoms with E-state index >= 15 is 0 Å². The van der Waals surface area contributed by atoms with Crippen LogP contribution in [0.3, 0.4) is 0 Å². The minimum atomic E-state index is 0. The van der Waals surface area contributed by atoms with Gasteiger partial charge in [-0.2, -0.15) is 11.8 Å². The van der Waals surface area contributed by atoms with Gasteiger partial charge in [-0.1, -0.05) is 0 Å². The Labute approximate surface area is 153 Å². The van der Waals surface area contributed by atoms with Gasteiger partial charge in [-0.25, -0.2) is 0 Å². The second kappa shape index (κ2) is 10.6. The Morgan fingerprint density at radius 3 is 2.71 bits per heavy atom. The number of hydrogen-bond acceptors (Lipinski definition) is 4. The Morgan fingerprint density at radius 1 is 1.38 bits per heavy atom. The van der Waals surface area contributed by atoms with Gasteiger partial charge >= 0.3 is 0 Å². The standard InChI is InChI=1S/C14H24N4S2.HI/c1-3-15-14(16-6-12-19-2)18-9-7-17(8-10-18)13-5-4-11-20-13;/h4-5,11H,3,6-10,12H2,1-2H3,(H,15,16);1H. The van der Waals surface area contributed by atoms with Crippen molar-refractivity contribution in [2.24, 2.45) is 4.99 Å². The predicted molar refractivity (Wildman–Crippen MR) is 108 cm³/mol. The fourth-order valence-corrected chi connectivity index (χ4v) is 3.32. The van der Waals surface area contributed by atoms with Gasteiger partial charge in [0.1, 0.15) is 0 Å². The number of nitrogens with zero attached hydrogens (tertiary/aromatic N) is 3. The Hall–Kier alpha value is -0.150. The van der Waals surface area contributed by atoms with E-state index in [2.05, 4.69) is 45.8 Å². The van der Waals surface area contributed by atoms with Crippen LogP contribution >= 0.6 is 47.1 Å². The van der Waals surface area contributed by atoms with Gasteiger partial charge in [0.05, 0.1) is 11.5 Å². The lowest BCUT2D eigenvalue weighted by molar-refractivity contribution is 0.374. The van der Waals surface area contributed by atoms with Crippen molar-refractivity contribution in [3.8, 4) is 0 Å². The molecule has 21 heavy (non-hydrogen) atoms. The minimum absolute atomic E-state index is 0. The highest BCUT2D eigenvalue weighted by atomic mass is 127. The number of halogens is 1. The first-order valence-corrected chi connectivity index (χ1v) is 9.43. The highest BCUT2D eigenvalue weighted by molar-refractivity contribution is 14.0. The molecular formula is C14H25IN4S2. The first-order chi connectivity index (χ1) is 9.85. The van der Waals surface area contributed by atoms with Gasteiger partial charge in [0.2, 0.25) is 0 Å². The molecule has 1 N–H and O–H groups in total. The summed E-state index contributed by atoms with van der Waals surface area (Å²) >= 11 is 3.67. The summed E-state index contributed by atoms with van der Waals surface area (Å²) in [6, 6.07) is 4.33. The molecule has 0 aliphatic carbocycles. The summed E-state index contributed by atoms with van der Waals surface area (Å²) in [6.07, 6.45) is 2.13. The topological polar surface area (TPSA) is 30.9 Å². The first-order valence-electron chi connectivity index (χ1n) is 7.15. The molecule has 0 aromatic carbocycles. The molecule has 2 heterocycles. The summed E-state index contributed by atoms with van der Waals surface area (Å²) in [5.41, 5.74) is 0.